The summed E-state index contributed by atoms with van der Waals surface area (Å²) in [6.45, 7) is 4.01. The van der Waals surface area contributed by atoms with Gasteiger partial charge >= 0.3 is 0 Å². The van der Waals surface area contributed by atoms with Crippen molar-refractivity contribution in [2.45, 2.75) is 26.3 Å². The number of hydrogen-bond acceptors (Lipinski definition) is 2. The largest absolute Gasteiger partial charge is 0.374 e. The maximum absolute atomic E-state index is 13.7. The van der Waals surface area contributed by atoms with Crippen molar-refractivity contribution in [3.8, 4) is 0 Å². The van der Waals surface area contributed by atoms with Crippen LogP contribution in [0, 0.1) is 11.6 Å². The lowest BCUT2D eigenvalue weighted by Gasteiger charge is -2.15. The number of hydrogen-bond donors (Lipinski definition) is 1. The van der Waals surface area contributed by atoms with Gasteiger partial charge in [0.1, 0.15) is 5.82 Å². The van der Waals surface area contributed by atoms with E-state index in [0.29, 0.717) is 0 Å². The fourth-order valence-electron chi connectivity index (χ4n) is 1.78. The number of benzene rings is 1. The Labute approximate surface area is 120 Å². The molecule has 0 fully saturated rings. The number of anilines is 1. The third-order valence-electron chi connectivity index (χ3n) is 2.83. The second-order valence-corrected chi connectivity index (χ2v) is 5.88. The predicted octanol–water partition coefficient (Wildman–Crippen LogP) is 5.42. The van der Waals surface area contributed by atoms with Gasteiger partial charge in [0, 0.05) is 15.8 Å². The number of rotatable bonds is 4. The molecule has 19 heavy (non-hydrogen) atoms. The Morgan fingerprint density at radius 3 is 2.63 bits per heavy atom. The van der Waals surface area contributed by atoms with E-state index in [1.165, 1.54) is 4.88 Å². The van der Waals surface area contributed by atoms with Crippen molar-refractivity contribution in [3.63, 3.8) is 0 Å². The van der Waals surface area contributed by atoms with Crippen LogP contribution in [0.3, 0.4) is 0 Å². The van der Waals surface area contributed by atoms with Crippen molar-refractivity contribution in [2.75, 3.05) is 5.32 Å². The molecule has 0 aliphatic rings. The smallest absolute Gasteiger partial charge is 0.150 e. The summed E-state index contributed by atoms with van der Waals surface area (Å²) >= 11 is 7.53. The zero-order chi connectivity index (χ0) is 14.0. The fraction of sp³-hybridized carbons (Fsp3) is 0.286. The quantitative estimate of drug-likeness (QED) is 0.795. The molecule has 2 rings (SSSR count). The third-order valence-corrected chi connectivity index (χ3v) is 4.54. The van der Waals surface area contributed by atoms with Gasteiger partial charge in [0.05, 0.1) is 16.8 Å². The van der Waals surface area contributed by atoms with E-state index in [-0.39, 0.29) is 16.8 Å². The van der Waals surface area contributed by atoms with Gasteiger partial charge in [-0.1, -0.05) is 18.5 Å². The molecule has 1 N–H and O–H groups in total. The first-order chi connectivity index (χ1) is 9.01. The van der Waals surface area contributed by atoms with Gasteiger partial charge in [-0.25, -0.2) is 8.78 Å². The van der Waals surface area contributed by atoms with E-state index in [1.807, 2.05) is 13.0 Å². The minimum absolute atomic E-state index is 0.0524. The lowest BCUT2D eigenvalue weighted by molar-refractivity contribution is 0.584. The molecule has 5 heteroatoms. The summed E-state index contributed by atoms with van der Waals surface area (Å²) in [5, 5.41) is 3.05. The number of nitrogens with one attached hydrogen (secondary N) is 1. The van der Waals surface area contributed by atoms with Crippen molar-refractivity contribution in [1.29, 1.82) is 0 Å². The van der Waals surface area contributed by atoms with E-state index in [2.05, 4.69) is 18.3 Å². The number of thiophene rings is 1. The average Bonchev–Trinajstić information content (AvgIpc) is 2.82. The summed E-state index contributed by atoms with van der Waals surface area (Å²) in [7, 11) is 0. The molecule has 2 aromatic rings. The molecular formula is C14H14ClF2NS. The maximum atomic E-state index is 13.7. The predicted molar refractivity (Wildman–Crippen MR) is 77.1 cm³/mol. The second kappa shape index (κ2) is 5.88. The highest BCUT2D eigenvalue weighted by Gasteiger charge is 2.14. The average molecular weight is 302 g/mol. The van der Waals surface area contributed by atoms with Crippen LogP contribution in [0.15, 0.2) is 24.3 Å². The highest BCUT2D eigenvalue weighted by molar-refractivity contribution is 7.12. The van der Waals surface area contributed by atoms with E-state index in [4.69, 9.17) is 11.6 Å². The van der Waals surface area contributed by atoms with Crippen LogP contribution in [-0.2, 0) is 6.42 Å². The molecule has 1 atom stereocenters. The van der Waals surface area contributed by atoms with Gasteiger partial charge in [0.15, 0.2) is 5.82 Å². The van der Waals surface area contributed by atoms with Crippen LogP contribution in [-0.4, -0.2) is 0 Å². The molecule has 0 amide bonds. The third kappa shape index (κ3) is 3.25. The van der Waals surface area contributed by atoms with Gasteiger partial charge in [-0.05, 0) is 31.5 Å². The Balaban J connectivity index is 2.21. The summed E-state index contributed by atoms with van der Waals surface area (Å²) in [5.74, 6) is -1.35. The van der Waals surface area contributed by atoms with Crippen LogP contribution in [0.5, 0.6) is 0 Å². The van der Waals surface area contributed by atoms with E-state index in [1.54, 1.807) is 11.3 Å². The Kier molecular flexibility index (Phi) is 4.42. The molecule has 1 aromatic carbocycles. The highest BCUT2D eigenvalue weighted by atomic mass is 35.5. The minimum atomic E-state index is -0.677. The molecule has 0 bridgehead atoms. The van der Waals surface area contributed by atoms with Crippen molar-refractivity contribution in [1.82, 2.24) is 0 Å². The van der Waals surface area contributed by atoms with Crippen LogP contribution in [0.4, 0.5) is 14.5 Å². The molecule has 1 unspecified atom stereocenters. The van der Waals surface area contributed by atoms with Crippen molar-refractivity contribution >= 4 is 28.6 Å². The molecule has 1 heterocycles. The molecule has 0 saturated heterocycles. The molecule has 1 aromatic heterocycles. The van der Waals surface area contributed by atoms with Gasteiger partial charge in [-0.2, -0.15) is 0 Å². The zero-order valence-electron chi connectivity index (χ0n) is 10.6. The molecule has 0 aliphatic carbocycles. The van der Waals surface area contributed by atoms with E-state index >= 15 is 0 Å². The molecule has 0 spiro atoms. The number of halogens is 3. The topological polar surface area (TPSA) is 12.0 Å². The van der Waals surface area contributed by atoms with E-state index in [9.17, 15) is 8.78 Å². The molecular weight excluding hydrogens is 288 g/mol. The van der Waals surface area contributed by atoms with E-state index in [0.717, 1.165) is 23.4 Å². The van der Waals surface area contributed by atoms with Crippen LogP contribution >= 0.6 is 22.9 Å². The monoisotopic (exact) mass is 301 g/mol. The molecule has 102 valence electrons. The molecule has 0 saturated carbocycles. The van der Waals surface area contributed by atoms with Gasteiger partial charge in [0.25, 0.3) is 0 Å². The maximum Gasteiger partial charge on any atom is 0.150 e. The molecule has 1 nitrogen and oxygen atoms in total. The van der Waals surface area contributed by atoms with Crippen LogP contribution in [0.25, 0.3) is 0 Å². The van der Waals surface area contributed by atoms with Crippen LogP contribution < -0.4 is 5.32 Å². The Morgan fingerprint density at radius 1 is 1.32 bits per heavy atom. The zero-order valence-corrected chi connectivity index (χ0v) is 12.2. The Morgan fingerprint density at radius 2 is 2.05 bits per heavy atom. The SMILES string of the molecule is CCc1ccc(C(C)Nc2c(F)cc(F)cc2Cl)s1. The van der Waals surface area contributed by atoms with Crippen molar-refractivity contribution in [3.05, 3.63) is 50.7 Å². The lowest BCUT2D eigenvalue weighted by Crippen LogP contribution is -2.07. The summed E-state index contributed by atoms with van der Waals surface area (Å²) in [6, 6.07) is 5.91. The van der Waals surface area contributed by atoms with Crippen LogP contribution in [0.2, 0.25) is 5.02 Å². The normalized spacial score (nSPS) is 12.5. The highest BCUT2D eigenvalue weighted by Crippen LogP contribution is 2.32. The summed E-state index contributed by atoms with van der Waals surface area (Å²) in [5.41, 5.74) is 0.141. The van der Waals surface area contributed by atoms with Gasteiger partial charge in [0.2, 0.25) is 0 Å². The summed E-state index contributed by atoms with van der Waals surface area (Å²) < 4.78 is 26.6. The van der Waals surface area contributed by atoms with E-state index < -0.39 is 11.6 Å². The van der Waals surface area contributed by atoms with Crippen LogP contribution in [0.1, 0.15) is 29.6 Å². The van der Waals surface area contributed by atoms with Gasteiger partial charge in [-0.15, -0.1) is 11.3 Å². The first kappa shape index (κ1) is 14.3. The van der Waals surface area contributed by atoms with Gasteiger partial charge in [-0.3, -0.25) is 0 Å². The fourth-order valence-corrected chi connectivity index (χ4v) is 2.99. The standard InChI is InChI=1S/C14H14ClF2NS/c1-3-10-4-5-13(19-10)8(2)18-14-11(15)6-9(16)7-12(14)17/h4-8,18H,3H2,1-2H3. The van der Waals surface area contributed by atoms with Crippen molar-refractivity contribution in [2.24, 2.45) is 0 Å². The van der Waals surface area contributed by atoms with Crippen molar-refractivity contribution < 1.29 is 8.78 Å². The summed E-state index contributed by atoms with van der Waals surface area (Å²) in [6.07, 6.45) is 0.975. The van der Waals surface area contributed by atoms with Gasteiger partial charge < -0.3 is 5.32 Å². The number of aryl methyl sites for hydroxylation is 1. The summed E-state index contributed by atoms with van der Waals surface area (Å²) in [4.78, 5) is 2.37. The Hall–Kier alpha value is -1.13. The molecule has 0 radical (unpaired) electrons. The Bertz CT molecular complexity index is 560. The first-order valence-corrected chi connectivity index (χ1v) is 7.20. The first-order valence-electron chi connectivity index (χ1n) is 6.01. The lowest BCUT2D eigenvalue weighted by atomic mass is 10.2. The molecule has 0 aliphatic heterocycles. The minimum Gasteiger partial charge on any atom is -0.374 e. The second-order valence-electron chi connectivity index (χ2n) is 4.27.